The Labute approximate surface area is 165 Å². The van der Waals surface area contributed by atoms with Gasteiger partial charge in [0.2, 0.25) is 11.8 Å². The number of hydrogen-bond acceptors (Lipinski definition) is 4. The Morgan fingerprint density at radius 3 is 2.50 bits per heavy atom. The van der Waals surface area contributed by atoms with E-state index in [2.05, 4.69) is 10.6 Å². The van der Waals surface area contributed by atoms with Crippen LogP contribution in [0.2, 0.25) is 0 Å². The summed E-state index contributed by atoms with van der Waals surface area (Å²) in [6.07, 6.45) is 5.63. The SMILES string of the molecule is CC[C@@H](CO)C(=O)N[C@@H](C)C(=O)N[C@H]1C=CC(c2ccccc2)=CN(C)C1=O. The topological polar surface area (TPSA) is 98.7 Å². The molecule has 3 N–H and O–H groups in total. The van der Waals surface area contributed by atoms with Gasteiger partial charge in [0, 0.05) is 13.2 Å². The first-order valence-electron chi connectivity index (χ1n) is 9.31. The molecule has 0 saturated heterocycles. The first-order chi connectivity index (χ1) is 13.4. The van der Waals surface area contributed by atoms with E-state index in [1.54, 1.807) is 39.2 Å². The van der Waals surface area contributed by atoms with Crippen LogP contribution in [-0.2, 0) is 14.4 Å². The summed E-state index contributed by atoms with van der Waals surface area (Å²) in [7, 11) is 1.63. The fraction of sp³-hybridized carbons (Fsp3) is 0.381. The Bertz CT molecular complexity index is 769. The van der Waals surface area contributed by atoms with Crippen LogP contribution in [0.15, 0.2) is 48.7 Å². The first-order valence-corrected chi connectivity index (χ1v) is 9.31. The molecule has 1 aliphatic rings. The van der Waals surface area contributed by atoms with Crippen LogP contribution in [0.25, 0.3) is 5.57 Å². The van der Waals surface area contributed by atoms with E-state index in [9.17, 15) is 19.5 Å². The van der Waals surface area contributed by atoms with Gasteiger partial charge in [0.05, 0.1) is 12.5 Å². The van der Waals surface area contributed by atoms with E-state index in [1.165, 1.54) is 4.90 Å². The van der Waals surface area contributed by atoms with Gasteiger partial charge in [-0.1, -0.05) is 49.4 Å². The van der Waals surface area contributed by atoms with Gasteiger partial charge < -0.3 is 20.6 Å². The molecule has 7 nitrogen and oxygen atoms in total. The molecule has 1 heterocycles. The van der Waals surface area contributed by atoms with Crippen LogP contribution in [0.1, 0.15) is 25.8 Å². The Morgan fingerprint density at radius 1 is 1.21 bits per heavy atom. The van der Waals surface area contributed by atoms with Crippen molar-refractivity contribution in [2.75, 3.05) is 13.7 Å². The van der Waals surface area contributed by atoms with E-state index in [-0.39, 0.29) is 18.4 Å². The number of allylic oxidation sites excluding steroid dienone is 2. The lowest BCUT2D eigenvalue weighted by Gasteiger charge is -2.22. The van der Waals surface area contributed by atoms with Crippen molar-refractivity contribution in [3.8, 4) is 0 Å². The molecule has 3 amide bonds. The zero-order valence-electron chi connectivity index (χ0n) is 16.4. The third-order valence-electron chi connectivity index (χ3n) is 4.66. The minimum atomic E-state index is -0.839. The summed E-state index contributed by atoms with van der Waals surface area (Å²) in [6.45, 7) is 3.05. The Balaban J connectivity index is 2.06. The second-order valence-corrected chi connectivity index (χ2v) is 6.76. The summed E-state index contributed by atoms with van der Waals surface area (Å²) < 4.78 is 0. The van der Waals surface area contributed by atoms with Crippen molar-refractivity contribution >= 4 is 23.3 Å². The molecule has 1 aliphatic heterocycles. The highest BCUT2D eigenvalue weighted by Gasteiger charge is 2.27. The van der Waals surface area contributed by atoms with Gasteiger partial charge in [-0.15, -0.1) is 0 Å². The highest BCUT2D eigenvalue weighted by molar-refractivity contribution is 5.95. The number of benzene rings is 1. The summed E-state index contributed by atoms with van der Waals surface area (Å²) in [5.41, 5.74) is 1.81. The number of carbonyl (C=O) groups excluding carboxylic acids is 3. The van der Waals surface area contributed by atoms with Crippen molar-refractivity contribution in [3.63, 3.8) is 0 Å². The number of aliphatic hydroxyl groups is 1. The summed E-state index contributed by atoms with van der Waals surface area (Å²) in [4.78, 5) is 38.5. The summed E-state index contributed by atoms with van der Waals surface area (Å²) in [5.74, 6) is -1.70. The second kappa shape index (κ2) is 9.85. The quantitative estimate of drug-likeness (QED) is 0.654. The molecule has 0 radical (unpaired) electrons. The van der Waals surface area contributed by atoms with Crippen LogP contribution in [-0.4, -0.2) is 53.5 Å². The van der Waals surface area contributed by atoms with Crippen molar-refractivity contribution in [3.05, 3.63) is 54.2 Å². The monoisotopic (exact) mass is 385 g/mol. The number of nitrogens with one attached hydrogen (secondary N) is 2. The zero-order chi connectivity index (χ0) is 20.7. The van der Waals surface area contributed by atoms with Crippen LogP contribution < -0.4 is 10.6 Å². The standard InChI is InChI=1S/C21H27N3O4/c1-4-15(13-25)20(27)22-14(2)19(26)23-18-11-10-17(12-24(3)21(18)28)16-8-6-5-7-9-16/h5-12,14-15,18,25H,4,13H2,1-3H3,(H,22,27)(H,23,26)/t14-,15-,18-/m0/s1. The van der Waals surface area contributed by atoms with Gasteiger partial charge in [0.25, 0.3) is 5.91 Å². The van der Waals surface area contributed by atoms with Gasteiger partial charge in [-0.3, -0.25) is 14.4 Å². The van der Waals surface area contributed by atoms with E-state index < -0.39 is 23.9 Å². The lowest BCUT2D eigenvalue weighted by atomic mass is 10.1. The van der Waals surface area contributed by atoms with Crippen LogP contribution in [0.4, 0.5) is 0 Å². The van der Waals surface area contributed by atoms with Crippen LogP contribution >= 0.6 is 0 Å². The molecule has 0 aromatic heterocycles. The zero-order valence-corrected chi connectivity index (χ0v) is 16.4. The predicted octanol–water partition coefficient (Wildman–Crippen LogP) is 1.06. The van der Waals surface area contributed by atoms with Gasteiger partial charge in [-0.05, 0) is 24.5 Å². The van der Waals surface area contributed by atoms with E-state index in [1.807, 2.05) is 30.3 Å². The van der Waals surface area contributed by atoms with Crippen molar-refractivity contribution in [2.45, 2.75) is 32.4 Å². The van der Waals surface area contributed by atoms with E-state index >= 15 is 0 Å². The number of amides is 3. The molecule has 0 saturated carbocycles. The van der Waals surface area contributed by atoms with Gasteiger partial charge >= 0.3 is 0 Å². The van der Waals surface area contributed by atoms with Crippen LogP contribution in [0, 0.1) is 5.92 Å². The molecule has 0 bridgehead atoms. The number of likely N-dealkylation sites (N-methyl/N-ethyl adjacent to an activating group) is 1. The molecule has 2 rings (SSSR count). The van der Waals surface area contributed by atoms with E-state index in [4.69, 9.17) is 0 Å². The molecule has 28 heavy (non-hydrogen) atoms. The van der Waals surface area contributed by atoms with Gasteiger partial charge in [-0.25, -0.2) is 0 Å². The van der Waals surface area contributed by atoms with E-state index in [0.717, 1.165) is 11.1 Å². The summed E-state index contributed by atoms with van der Waals surface area (Å²) >= 11 is 0. The van der Waals surface area contributed by atoms with Crippen LogP contribution in [0.5, 0.6) is 0 Å². The third kappa shape index (κ3) is 5.29. The van der Waals surface area contributed by atoms with Crippen molar-refractivity contribution in [1.29, 1.82) is 0 Å². The van der Waals surface area contributed by atoms with Crippen molar-refractivity contribution < 1.29 is 19.5 Å². The molecule has 0 fully saturated rings. The Kier molecular flexibility index (Phi) is 7.52. The molecule has 0 spiro atoms. The molecule has 150 valence electrons. The van der Waals surface area contributed by atoms with Crippen molar-refractivity contribution in [2.24, 2.45) is 5.92 Å². The normalized spacial score (nSPS) is 18.7. The maximum Gasteiger partial charge on any atom is 0.252 e. The average molecular weight is 385 g/mol. The second-order valence-electron chi connectivity index (χ2n) is 6.76. The largest absolute Gasteiger partial charge is 0.396 e. The number of rotatable bonds is 7. The third-order valence-corrected chi connectivity index (χ3v) is 4.66. The summed E-state index contributed by atoms with van der Waals surface area (Å²) in [5, 5.41) is 14.4. The Hall–Kier alpha value is -2.93. The van der Waals surface area contributed by atoms with Gasteiger partial charge in [0.15, 0.2) is 0 Å². The molecule has 1 aromatic rings. The molecular weight excluding hydrogens is 358 g/mol. The fourth-order valence-electron chi connectivity index (χ4n) is 2.80. The molecule has 0 unspecified atom stereocenters. The highest BCUT2D eigenvalue weighted by Crippen LogP contribution is 2.19. The van der Waals surface area contributed by atoms with Crippen molar-refractivity contribution in [1.82, 2.24) is 15.5 Å². The smallest absolute Gasteiger partial charge is 0.252 e. The number of hydrogen-bond donors (Lipinski definition) is 3. The highest BCUT2D eigenvalue weighted by atomic mass is 16.3. The van der Waals surface area contributed by atoms with E-state index in [0.29, 0.717) is 6.42 Å². The fourth-order valence-corrected chi connectivity index (χ4v) is 2.80. The minimum absolute atomic E-state index is 0.279. The predicted molar refractivity (Wildman–Crippen MR) is 107 cm³/mol. The number of carbonyl (C=O) groups is 3. The maximum atomic E-state index is 12.6. The minimum Gasteiger partial charge on any atom is -0.396 e. The average Bonchev–Trinajstić information content (AvgIpc) is 2.83. The van der Waals surface area contributed by atoms with Crippen LogP contribution in [0.3, 0.4) is 0 Å². The molecular formula is C21H27N3O4. The van der Waals surface area contributed by atoms with Gasteiger partial charge in [-0.2, -0.15) is 0 Å². The molecule has 0 aliphatic carbocycles. The number of nitrogens with zero attached hydrogens (tertiary/aromatic N) is 1. The first kappa shape index (κ1) is 21.4. The Morgan fingerprint density at radius 2 is 1.89 bits per heavy atom. The lowest BCUT2D eigenvalue weighted by molar-refractivity contribution is -0.134. The summed E-state index contributed by atoms with van der Waals surface area (Å²) in [6, 6.07) is 7.95. The number of aliphatic hydroxyl groups excluding tert-OH is 1. The van der Waals surface area contributed by atoms with Gasteiger partial charge in [0.1, 0.15) is 12.1 Å². The molecule has 1 aromatic carbocycles. The maximum absolute atomic E-state index is 12.6. The lowest BCUT2D eigenvalue weighted by Crippen LogP contribution is -2.52. The molecule has 7 heteroatoms. The molecule has 3 atom stereocenters.